The molecule has 1 saturated carbocycles. The number of phosphoric acid groups is 1. The second-order valence-electron chi connectivity index (χ2n) is 35.5. The molecule has 3 rings (SSSR count). The van der Waals surface area contributed by atoms with Crippen molar-refractivity contribution in [2.75, 3.05) is 26.4 Å². The number of esters is 4. The molecule has 3 aliphatic rings. The molecule has 20 atom stereocenters. The maximum atomic E-state index is 14.9. The summed E-state index contributed by atoms with van der Waals surface area (Å²) >= 11 is 0. The molecule has 3 fully saturated rings. The molecular weight excluding hydrogens is 1560 g/mol. The molecular formula is C94H175O25P. The minimum Gasteiger partial charge on any atom is -0.463 e. The molecule has 25 nitrogen and oxygen atoms in total. The summed E-state index contributed by atoms with van der Waals surface area (Å²) in [5, 5.41) is 102. The third kappa shape index (κ3) is 51.3. The van der Waals surface area contributed by atoms with E-state index < -0.39 is 162 Å². The standard InChI is InChI=1S/C94H175O25P/c1-7-11-15-19-23-25-27-29-30-31-33-35-36-38-50-58-66-79(98)113-74(69-110-77(96)64-56-48-42-40-46-54-62-72(5)60-52-44-21-17-13-9-3)70-112-120(108,109)119-92-90(117-93-87(106)83(102)81(100)75(68-95)114-93)86(105)85(104)89(116-80(99)67-59-51-39-37-34-32-28-26-24-20-16-12-8-2)91(92)118-94-88(107)84(103)82(101)76(115-94)71-111-78(97)65-57-49-43-41-47-55-63-73(6)61-53-45-22-18-14-10-4/h32,34,72-76,81-95,100-107H,7-31,33,35-71H2,1-6H3,(H,108,109)/b34-32-. The predicted molar refractivity (Wildman–Crippen MR) is 467 cm³/mol. The second-order valence-corrected chi connectivity index (χ2v) is 36.9. The normalized spacial score (nSPS) is 25.3. The maximum absolute atomic E-state index is 14.9. The number of unbranched alkanes of at least 4 members (excludes halogenated alkanes) is 44. The Morgan fingerprint density at radius 2 is 0.675 bits per heavy atom. The van der Waals surface area contributed by atoms with Gasteiger partial charge in [0.25, 0.3) is 0 Å². The van der Waals surface area contributed by atoms with Gasteiger partial charge in [0, 0.05) is 25.7 Å². The molecule has 0 bridgehead atoms. The van der Waals surface area contributed by atoms with Gasteiger partial charge in [-0.3, -0.25) is 28.2 Å². The summed E-state index contributed by atoms with van der Waals surface area (Å²) < 4.78 is 73.6. The average molecular weight is 1740 g/mol. The van der Waals surface area contributed by atoms with Crippen molar-refractivity contribution < 1.29 is 122 Å². The number of carbonyl (C=O) groups is 4. The number of hydrogen-bond donors (Lipinski definition) is 10. The van der Waals surface area contributed by atoms with Crippen LogP contribution in [0.2, 0.25) is 0 Å². The lowest BCUT2D eigenvalue weighted by molar-refractivity contribution is -0.360. The van der Waals surface area contributed by atoms with E-state index in [-0.39, 0.29) is 32.1 Å². The van der Waals surface area contributed by atoms with Gasteiger partial charge >= 0.3 is 31.7 Å². The highest BCUT2D eigenvalue weighted by atomic mass is 31.2. The molecule has 120 heavy (non-hydrogen) atoms. The molecule has 0 spiro atoms. The zero-order chi connectivity index (χ0) is 87.8. The van der Waals surface area contributed by atoms with Gasteiger partial charge in [-0.25, -0.2) is 4.57 Å². The van der Waals surface area contributed by atoms with Gasteiger partial charge in [0.15, 0.2) is 24.8 Å². The summed E-state index contributed by atoms with van der Waals surface area (Å²) in [6.07, 6.45) is 27.8. The molecule has 2 aliphatic heterocycles. The van der Waals surface area contributed by atoms with E-state index in [9.17, 15) is 74.6 Å². The maximum Gasteiger partial charge on any atom is 0.472 e. The summed E-state index contributed by atoms with van der Waals surface area (Å²) in [4.78, 5) is 66.6. The Kier molecular flexibility index (Phi) is 66.1. The van der Waals surface area contributed by atoms with Gasteiger partial charge in [-0.05, 0) is 63.2 Å². The number of carbonyl (C=O) groups excluding carboxylic acids is 4. The highest BCUT2D eigenvalue weighted by Gasteiger charge is 2.60. The fourth-order valence-corrected chi connectivity index (χ4v) is 17.4. The minimum atomic E-state index is -5.81. The first kappa shape index (κ1) is 111. The van der Waals surface area contributed by atoms with Crippen LogP contribution in [0.1, 0.15) is 420 Å². The van der Waals surface area contributed by atoms with Crippen LogP contribution in [0.25, 0.3) is 0 Å². The Bertz CT molecular complexity index is 2570. The zero-order valence-corrected chi connectivity index (χ0v) is 76.6. The Morgan fingerprint density at radius 1 is 0.350 bits per heavy atom. The van der Waals surface area contributed by atoms with Crippen LogP contribution in [0, 0.1) is 11.8 Å². The molecule has 2 saturated heterocycles. The molecule has 0 aromatic rings. The van der Waals surface area contributed by atoms with Crippen molar-refractivity contribution in [2.24, 2.45) is 11.8 Å². The van der Waals surface area contributed by atoms with Crippen LogP contribution < -0.4 is 0 Å². The van der Waals surface area contributed by atoms with E-state index in [1.54, 1.807) is 0 Å². The summed E-state index contributed by atoms with van der Waals surface area (Å²) in [6, 6.07) is 0. The number of ether oxygens (including phenoxy) is 8. The molecule has 0 amide bonds. The molecule has 0 radical (unpaired) electrons. The Morgan fingerprint density at radius 3 is 1.08 bits per heavy atom. The number of hydrogen-bond acceptors (Lipinski definition) is 24. The fourth-order valence-electron chi connectivity index (χ4n) is 16.4. The lowest BCUT2D eigenvalue weighted by Gasteiger charge is -2.50. The first-order valence-corrected chi connectivity index (χ1v) is 50.2. The first-order chi connectivity index (χ1) is 58.0. The van der Waals surface area contributed by atoms with Crippen LogP contribution in [0.15, 0.2) is 12.2 Å². The van der Waals surface area contributed by atoms with Gasteiger partial charge in [0.1, 0.15) is 92.6 Å². The Labute approximate surface area is 724 Å². The van der Waals surface area contributed by atoms with Crippen molar-refractivity contribution in [1.29, 1.82) is 0 Å². The largest absolute Gasteiger partial charge is 0.472 e. The van der Waals surface area contributed by atoms with Gasteiger partial charge < -0.3 is 88.7 Å². The van der Waals surface area contributed by atoms with Gasteiger partial charge in [0.2, 0.25) is 0 Å². The van der Waals surface area contributed by atoms with E-state index in [1.807, 2.05) is 0 Å². The molecule has 10 N–H and O–H groups in total. The van der Waals surface area contributed by atoms with Crippen LogP contribution in [0.5, 0.6) is 0 Å². The molecule has 2 heterocycles. The monoisotopic (exact) mass is 1740 g/mol. The van der Waals surface area contributed by atoms with Gasteiger partial charge in [-0.1, -0.05) is 355 Å². The number of aliphatic hydroxyl groups excluding tert-OH is 9. The van der Waals surface area contributed by atoms with Crippen LogP contribution in [-0.2, 0) is 70.7 Å². The van der Waals surface area contributed by atoms with Gasteiger partial charge in [0.05, 0.1) is 13.2 Å². The average Bonchev–Trinajstić information content (AvgIpc) is 0.751. The van der Waals surface area contributed by atoms with Crippen molar-refractivity contribution in [2.45, 2.75) is 525 Å². The zero-order valence-electron chi connectivity index (χ0n) is 75.7. The third-order valence-corrected chi connectivity index (χ3v) is 25.3. The smallest absolute Gasteiger partial charge is 0.463 e. The van der Waals surface area contributed by atoms with Gasteiger partial charge in [-0.15, -0.1) is 0 Å². The second kappa shape index (κ2) is 71.2. The number of rotatable bonds is 78. The summed E-state index contributed by atoms with van der Waals surface area (Å²) in [6.45, 7) is 10.3. The number of phosphoric ester groups is 1. The van der Waals surface area contributed by atoms with E-state index in [0.717, 1.165) is 122 Å². The van der Waals surface area contributed by atoms with E-state index in [4.69, 9.17) is 46.9 Å². The molecule has 1 aliphatic carbocycles. The predicted octanol–water partition coefficient (Wildman–Crippen LogP) is 18.4. The van der Waals surface area contributed by atoms with Crippen LogP contribution in [-0.4, -0.2) is 205 Å². The minimum absolute atomic E-state index is 0.0140. The SMILES string of the molecule is CCCCCCCC/C=C\CCCCCC(=O)OC1C(O)C(O)C(OC2OC(CO)C(O)C(O)C2O)C(OP(=O)(O)OCC(COC(=O)CCCCCCCCC(C)CCCCCCCC)OC(=O)CCCCCCCCCCCCCCCCCC)C1OC1OC(COC(=O)CCCCCCCCC(C)CCCCCCCC)C(O)C(O)C1O. The molecule has 26 heteroatoms. The van der Waals surface area contributed by atoms with Crippen LogP contribution in [0.4, 0.5) is 0 Å². The van der Waals surface area contributed by atoms with E-state index in [0.29, 0.717) is 43.9 Å². The highest BCUT2D eigenvalue weighted by molar-refractivity contribution is 7.47. The quantitative estimate of drug-likeness (QED) is 0.00889. The van der Waals surface area contributed by atoms with Gasteiger partial charge in [-0.2, -0.15) is 0 Å². The number of allylic oxidation sites excluding steroid dienone is 2. The molecule has 0 aromatic carbocycles. The van der Waals surface area contributed by atoms with E-state index in [2.05, 4.69) is 53.7 Å². The van der Waals surface area contributed by atoms with Crippen molar-refractivity contribution in [3.63, 3.8) is 0 Å². The highest BCUT2D eigenvalue weighted by Crippen LogP contribution is 2.49. The fraction of sp³-hybridized carbons (Fsp3) is 0.936. The summed E-state index contributed by atoms with van der Waals surface area (Å²) in [7, 11) is -5.81. The number of aliphatic hydroxyl groups is 9. The van der Waals surface area contributed by atoms with Crippen molar-refractivity contribution in [1.82, 2.24) is 0 Å². The summed E-state index contributed by atoms with van der Waals surface area (Å²) in [5.74, 6) is -1.60. The Balaban J connectivity index is 1.92. The van der Waals surface area contributed by atoms with E-state index >= 15 is 0 Å². The van der Waals surface area contributed by atoms with Crippen molar-refractivity contribution >= 4 is 31.7 Å². The molecule has 20 unspecified atom stereocenters. The van der Waals surface area contributed by atoms with Crippen molar-refractivity contribution in [3.8, 4) is 0 Å². The molecule has 0 aromatic heterocycles. The third-order valence-electron chi connectivity index (χ3n) is 24.3. The molecule has 706 valence electrons. The lowest BCUT2D eigenvalue weighted by Crippen LogP contribution is -2.70. The van der Waals surface area contributed by atoms with E-state index in [1.165, 1.54) is 193 Å². The lowest BCUT2D eigenvalue weighted by atomic mass is 9.84. The Hall–Kier alpha value is -2.79. The van der Waals surface area contributed by atoms with Crippen LogP contribution in [0.3, 0.4) is 0 Å². The summed E-state index contributed by atoms with van der Waals surface area (Å²) in [5.41, 5.74) is 0. The topological polar surface area (TPSA) is 380 Å². The first-order valence-electron chi connectivity index (χ1n) is 48.7. The van der Waals surface area contributed by atoms with Crippen molar-refractivity contribution in [3.05, 3.63) is 12.2 Å². The van der Waals surface area contributed by atoms with Crippen LogP contribution >= 0.6 is 7.82 Å².